The third kappa shape index (κ3) is 2.18. The van der Waals surface area contributed by atoms with Crippen molar-refractivity contribution in [2.45, 2.75) is 19.8 Å². The van der Waals surface area contributed by atoms with Crippen LogP contribution < -0.4 is 9.47 Å². The van der Waals surface area contributed by atoms with Crippen LogP contribution in [0.15, 0.2) is 16.6 Å². The molecule has 18 heavy (non-hydrogen) atoms. The third-order valence-corrected chi connectivity index (χ3v) is 5.44. The van der Waals surface area contributed by atoms with Crippen LogP contribution in [0.3, 0.4) is 0 Å². The number of hydrogen-bond donors (Lipinski definition) is 0. The van der Waals surface area contributed by atoms with Crippen molar-refractivity contribution in [2.24, 2.45) is 11.3 Å². The molecule has 0 radical (unpaired) electrons. The van der Waals surface area contributed by atoms with Crippen LogP contribution in [0.25, 0.3) is 0 Å². The Morgan fingerprint density at radius 3 is 2.17 bits per heavy atom. The van der Waals surface area contributed by atoms with Gasteiger partial charge in [0.15, 0.2) is 11.5 Å². The maximum atomic E-state index is 5.39. The van der Waals surface area contributed by atoms with Crippen molar-refractivity contribution in [3.63, 3.8) is 0 Å². The standard InChI is InChI=1S/C14H18Br2O2/c1-14(2)9(7-15)13(14)8-5-11(17-3)12(18-4)6-10(8)16/h5-6,9,13H,7H2,1-4H3. The molecule has 2 atom stereocenters. The molecular formula is C14H18Br2O2. The Morgan fingerprint density at radius 2 is 1.72 bits per heavy atom. The zero-order valence-electron chi connectivity index (χ0n) is 11.1. The lowest BCUT2D eigenvalue weighted by Crippen LogP contribution is -1.96. The van der Waals surface area contributed by atoms with E-state index in [4.69, 9.17) is 9.47 Å². The second kappa shape index (κ2) is 5.04. The average molecular weight is 378 g/mol. The van der Waals surface area contributed by atoms with Gasteiger partial charge in [0.2, 0.25) is 0 Å². The second-order valence-corrected chi connectivity index (χ2v) is 6.79. The van der Waals surface area contributed by atoms with E-state index in [0.717, 1.165) is 21.3 Å². The van der Waals surface area contributed by atoms with Gasteiger partial charge in [0.1, 0.15) is 0 Å². The summed E-state index contributed by atoms with van der Waals surface area (Å²) in [6, 6.07) is 4.09. The van der Waals surface area contributed by atoms with Gasteiger partial charge in [-0.1, -0.05) is 45.7 Å². The molecule has 1 saturated carbocycles. The lowest BCUT2D eigenvalue weighted by atomic mass is 10.0. The average Bonchev–Trinajstić information content (AvgIpc) is 2.90. The Balaban J connectivity index is 2.41. The van der Waals surface area contributed by atoms with E-state index < -0.39 is 0 Å². The first kappa shape index (κ1) is 14.2. The number of alkyl halides is 1. The van der Waals surface area contributed by atoms with E-state index in [1.807, 2.05) is 6.07 Å². The van der Waals surface area contributed by atoms with Gasteiger partial charge in [0.05, 0.1) is 14.2 Å². The largest absolute Gasteiger partial charge is 0.493 e. The molecule has 2 nitrogen and oxygen atoms in total. The lowest BCUT2D eigenvalue weighted by Gasteiger charge is -2.12. The molecule has 1 aromatic carbocycles. The normalized spacial score (nSPS) is 24.8. The van der Waals surface area contributed by atoms with Crippen LogP contribution in [-0.2, 0) is 0 Å². The molecule has 1 fully saturated rings. The van der Waals surface area contributed by atoms with Gasteiger partial charge in [-0.3, -0.25) is 0 Å². The van der Waals surface area contributed by atoms with E-state index in [1.54, 1.807) is 14.2 Å². The number of hydrogen-bond acceptors (Lipinski definition) is 2. The zero-order valence-corrected chi connectivity index (χ0v) is 14.3. The van der Waals surface area contributed by atoms with Gasteiger partial charge in [0, 0.05) is 9.80 Å². The van der Waals surface area contributed by atoms with Crippen LogP contribution >= 0.6 is 31.9 Å². The molecule has 0 aromatic heterocycles. The molecule has 2 rings (SSSR count). The van der Waals surface area contributed by atoms with Gasteiger partial charge < -0.3 is 9.47 Å². The molecular weight excluding hydrogens is 360 g/mol. The minimum Gasteiger partial charge on any atom is -0.493 e. The van der Waals surface area contributed by atoms with Gasteiger partial charge in [-0.15, -0.1) is 0 Å². The fourth-order valence-corrected chi connectivity index (χ4v) is 4.54. The lowest BCUT2D eigenvalue weighted by molar-refractivity contribution is 0.354. The van der Waals surface area contributed by atoms with Gasteiger partial charge in [0.25, 0.3) is 0 Å². The summed E-state index contributed by atoms with van der Waals surface area (Å²) in [4.78, 5) is 0. The monoisotopic (exact) mass is 376 g/mol. The number of halogens is 2. The highest BCUT2D eigenvalue weighted by Gasteiger charge is 2.58. The molecule has 1 aliphatic carbocycles. The summed E-state index contributed by atoms with van der Waals surface area (Å²) in [5.41, 5.74) is 1.65. The van der Waals surface area contributed by atoms with Crippen molar-refractivity contribution in [1.29, 1.82) is 0 Å². The Kier molecular flexibility index (Phi) is 3.98. The van der Waals surface area contributed by atoms with Gasteiger partial charge >= 0.3 is 0 Å². The van der Waals surface area contributed by atoms with E-state index in [9.17, 15) is 0 Å². The molecule has 1 aromatic rings. The zero-order chi connectivity index (χ0) is 13.5. The molecule has 2 unspecified atom stereocenters. The minimum absolute atomic E-state index is 0.339. The number of methoxy groups -OCH3 is 2. The second-order valence-electron chi connectivity index (χ2n) is 5.29. The maximum Gasteiger partial charge on any atom is 0.161 e. The van der Waals surface area contributed by atoms with E-state index in [2.05, 4.69) is 51.8 Å². The minimum atomic E-state index is 0.339. The van der Waals surface area contributed by atoms with Crippen LogP contribution in [0.1, 0.15) is 25.3 Å². The van der Waals surface area contributed by atoms with Crippen LogP contribution in [0.5, 0.6) is 11.5 Å². The SMILES string of the molecule is COc1cc(Br)c(C2C(CBr)C2(C)C)cc1OC. The molecule has 0 N–H and O–H groups in total. The first-order valence-electron chi connectivity index (χ1n) is 5.94. The number of ether oxygens (including phenoxy) is 2. The molecule has 0 saturated heterocycles. The van der Waals surface area contributed by atoms with Gasteiger partial charge in [-0.2, -0.15) is 0 Å². The summed E-state index contributed by atoms with van der Waals surface area (Å²) in [6.07, 6.45) is 0. The Bertz CT molecular complexity index is 457. The summed E-state index contributed by atoms with van der Waals surface area (Å²) in [6.45, 7) is 4.62. The summed E-state index contributed by atoms with van der Waals surface area (Å²) in [7, 11) is 3.34. The highest BCUT2D eigenvalue weighted by atomic mass is 79.9. The Hall–Kier alpha value is -0.220. The maximum absolute atomic E-state index is 5.39. The first-order valence-corrected chi connectivity index (χ1v) is 7.86. The molecule has 0 aliphatic heterocycles. The topological polar surface area (TPSA) is 18.5 Å². The summed E-state index contributed by atoms with van der Waals surface area (Å²) < 4.78 is 11.8. The molecule has 4 heteroatoms. The Morgan fingerprint density at radius 1 is 1.17 bits per heavy atom. The molecule has 0 amide bonds. The predicted molar refractivity (Wildman–Crippen MR) is 81.1 cm³/mol. The predicted octanol–water partition coefficient (Wildman–Crippen LogP) is 4.60. The molecule has 0 heterocycles. The third-order valence-electron chi connectivity index (χ3n) is 4.05. The fourth-order valence-electron chi connectivity index (χ4n) is 2.76. The van der Waals surface area contributed by atoms with E-state index in [0.29, 0.717) is 17.3 Å². The highest BCUT2D eigenvalue weighted by Crippen LogP contribution is 2.66. The van der Waals surface area contributed by atoms with Crippen LogP contribution in [0.2, 0.25) is 0 Å². The molecule has 0 bridgehead atoms. The summed E-state index contributed by atoms with van der Waals surface area (Å²) in [5.74, 6) is 2.80. The van der Waals surface area contributed by atoms with E-state index in [1.165, 1.54) is 5.56 Å². The number of benzene rings is 1. The Labute approximate surface area is 125 Å². The van der Waals surface area contributed by atoms with Crippen molar-refractivity contribution in [3.05, 3.63) is 22.2 Å². The fraction of sp³-hybridized carbons (Fsp3) is 0.571. The van der Waals surface area contributed by atoms with Gasteiger partial charge in [-0.05, 0) is 34.9 Å². The highest BCUT2D eigenvalue weighted by molar-refractivity contribution is 9.10. The van der Waals surface area contributed by atoms with Crippen LogP contribution in [0, 0.1) is 11.3 Å². The van der Waals surface area contributed by atoms with E-state index >= 15 is 0 Å². The first-order chi connectivity index (χ1) is 8.47. The van der Waals surface area contributed by atoms with Crippen LogP contribution in [-0.4, -0.2) is 19.5 Å². The van der Waals surface area contributed by atoms with Gasteiger partial charge in [-0.25, -0.2) is 0 Å². The van der Waals surface area contributed by atoms with Crippen molar-refractivity contribution in [3.8, 4) is 11.5 Å². The van der Waals surface area contributed by atoms with Crippen molar-refractivity contribution in [1.82, 2.24) is 0 Å². The van der Waals surface area contributed by atoms with Crippen molar-refractivity contribution >= 4 is 31.9 Å². The molecule has 1 aliphatic rings. The number of rotatable bonds is 4. The van der Waals surface area contributed by atoms with Crippen molar-refractivity contribution < 1.29 is 9.47 Å². The van der Waals surface area contributed by atoms with Crippen LogP contribution in [0.4, 0.5) is 0 Å². The summed E-state index contributed by atoms with van der Waals surface area (Å²) >= 11 is 7.26. The van der Waals surface area contributed by atoms with Crippen molar-refractivity contribution in [2.75, 3.05) is 19.5 Å². The summed E-state index contributed by atoms with van der Waals surface area (Å²) in [5, 5.41) is 1.03. The van der Waals surface area contributed by atoms with E-state index in [-0.39, 0.29) is 0 Å². The molecule has 100 valence electrons. The molecule has 0 spiro atoms. The smallest absolute Gasteiger partial charge is 0.161 e. The quantitative estimate of drug-likeness (QED) is 0.714.